The van der Waals surface area contributed by atoms with E-state index in [1.54, 1.807) is 25.5 Å². The Morgan fingerprint density at radius 2 is 2.00 bits per heavy atom. The Kier molecular flexibility index (Phi) is 3.13. The van der Waals surface area contributed by atoms with Crippen molar-refractivity contribution in [1.82, 2.24) is 15.3 Å². The van der Waals surface area contributed by atoms with Gasteiger partial charge in [0.05, 0.1) is 11.3 Å². The molecule has 98 valence electrons. The molecule has 0 radical (unpaired) electrons. The number of carbonyl (C=O) groups is 1. The van der Waals surface area contributed by atoms with Gasteiger partial charge in [-0.05, 0) is 23.6 Å². The summed E-state index contributed by atoms with van der Waals surface area (Å²) in [4.78, 5) is 20.0. The van der Waals surface area contributed by atoms with E-state index >= 15 is 0 Å². The van der Waals surface area contributed by atoms with Gasteiger partial charge in [0.1, 0.15) is 0 Å². The van der Waals surface area contributed by atoms with Crippen molar-refractivity contribution in [3.8, 4) is 11.3 Å². The number of rotatable bonds is 2. The largest absolute Gasteiger partial charge is 0.355 e. The average molecular weight is 263 g/mol. The number of aromatic nitrogens is 2. The summed E-state index contributed by atoms with van der Waals surface area (Å²) in [6, 6.07) is 11.6. The zero-order chi connectivity index (χ0) is 13.9. The van der Waals surface area contributed by atoms with Crippen molar-refractivity contribution in [2.45, 2.75) is 0 Å². The summed E-state index contributed by atoms with van der Waals surface area (Å²) in [6.07, 6.45) is 5.19. The van der Waals surface area contributed by atoms with Crippen molar-refractivity contribution in [2.75, 3.05) is 7.05 Å². The van der Waals surface area contributed by atoms with Gasteiger partial charge < -0.3 is 5.32 Å². The molecule has 0 unspecified atom stereocenters. The zero-order valence-corrected chi connectivity index (χ0v) is 11.0. The van der Waals surface area contributed by atoms with Crippen LogP contribution in [0.3, 0.4) is 0 Å². The number of hydrogen-bond donors (Lipinski definition) is 1. The number of pyridine rings is 2. The number of hydrogen-bond acceptors (Lipinski definition) is 3. The second kappa shape index (κ2) is 5.09. The van der Waals surface area contributed by atoms with E-state index in [9.17, 15) is 4.79 Å². The molecule has 0 saturated carbocycles. The molecule has 3 aromatic rings. The molecule has 2 aromatic heterocycles. The van der Waals surface area contributed by atoms with Gasteiger partial charge in [-0.15, -0.1) is 0 Å². The predicted octanol–water partition coefficient (Wildman–Crippen LogP) is 2.66. The van der Waals surface area contributed by atoms with E-state index < -0.39 is 0 Å². The molecule has 3 rings (SSSR count). The first-order valence-corrected chi connectivity index (χ1v) is 6.31. The van der Waals surface area contributed by atoms with Gasteiger partial charge in [0.2, 0.25) is 0 Å². The van der Waals surface area contributed by atoms with E-state index in [1.807, 2.05) is 36.5 Å². The Hall–Kier alpha value is -2.75. The smallest absolute Gasteiger partial charge is 0.252 e. The lowest BCUT2D eigenvalue weighted by Gasteiger charge is -2.06. The minimum Gasteiger partial charge on any atom is -0.355 e. The van der Waals surface area contributed by atoms with Gasteiger partial charge in [0.15, 0.2) is 0 Å². The number of nitrogens with zero attached hydrogens (tertiary/aromatic N) is 2. The molecule has 1 amide bonds. The highest BCUT2D eigenvalue weighted by molar-refractivity contribution is 5.96. The number of nitrogens with one attached hydrogen (secondary N) is 1. The molecule has 20 heavy (non-hydrogen) atoms. The summed E-state index contributed by atoms with van der Waals surface area (Å²) >= 11 is 0. The maximum atomic E-state index is 11.5. The van der Waals surface area contributed by atoms with Crippen LogP contribution in [0.15, 0.2) is 55.0 Å². The third-order valence-corrected chi connectivity index (χ3v) is 3.21. The molecular formula is C16H13N3O. The minimum absolute atomic E-state index is 0.133. The fraction of sp³-hybridized carbons (Fsp3) is 0.0625. The highest BCUT2D eigenvalue weighted by atomic mass is 16.1. The molecule has 1 aromatic carbocycles. The number of fused-ring (bicyclic) bond motifs is 1. The fourth-order valence-corrected chi connectivity index (χ4v) is 2.18. The van der Waals surface area contributed by atoms with Crippen LogP contribution < -0.4 is 5.32 Å². The molecule has 0 aliphatic rings. The number of carbonyl (C=O) groups excluding carboxylic acids is 1. The summed E-state index contributed by atoms with van der Waals surface area (Å²) in [6.45, 7) is 0. The lowest BCUT2D eigenvalue weighted by molar-refractivity contribution is 0.0963. The second-order valence-corrected chi connectivity index (χ2v) is 4.41. The van der Waals surface area contributed by atoms with E-state index in [0.717, 1.165) is 22.0 Å². The third-order valence-electron chi connectivity index (χ3n) is 3.21. The second-order valence-electron chi connectivity index (χ2n) is 4.41. The fourth-order valence-electron chi connectivity index (χ4n) is 2.18. The summed E-state index contributed by atoms with van der Waals surface area (Å²) < 4.78 is 0. The Labute approximate surface area is 116 Å². The Bertz CT molecular complexity index is 761. The quantitative estimate of drug-likeness (QED) is 0.773. The first-order chi connectivity index (χ1) is 9.79. The van der Waals surface area contributed by atoms with E-state index in [1.165, 1.54) is 0 Å². The van der Waals surface area contributed by atoms with Crippen LogP contribution in [-0.2, 0) is 0 Å². The molecule has 4 heteroatoms. The number of benzene rings is 1. The van der Waals surface area contributed by atoms with Crippen molar-refractivity contribution >= 4 is 16.7 Å². The molecule has 0 bridgehead atoms. The van der Waals surface area contributed by atoms with Crippen LogP contribution in [0.5, 0.6) is 0 Å². The zero-order valence-electron chi connectivity index (χ0n) is 11.0. The highest BCUT2D eigenvalue weighted by Crippen LogP contribution is 2.26. The third kappa shape index (κ3) is 2.12. The lowest BCUT2D eigenvalue weighted by Crippen LogP contribution is -2.17. The van der Waals surface area contributed by atoms with Crippen LogP contribution in [0.25, 0.3) is 22.0 Å². The maximum Gasteiger partial charge on any atom is 0.252 e. The topological polar surface area (TPSA) is 54.9 Å². The summed E-state index contributed by atoms with van der Waals surface area (Å²) in [5.41, 5.74) is 2.43. The van der Waals surface area contributed by atoms with Gasteiger partial charge in [-0.1, -0.05) is 18.2 Å². The average Bonchev–Trinajstić information content (AvgIpc) is 2.54. The first kappa shape index (κ1) is 12.3. The Morgan fingerprint density at radius 1 is 1.10 bits per heavy atom. The van der Waals surface area contributed by atoms with Gasteiger partial charge >= 0.3 is 0 Å². The van der Waals surface area contributed by atoms with Crippen LogP contribution in [0.2, 0.25) is 0 Å². The maximum absolute atomic E-state index is 11.5. The van der Waals surface area contributed by atoms with Crippen molar-refractivity contribution in [1.29, 1.82) is 0 Å². The molecule has 1 N–H and O–H groups in total. The molecule has 2 heterocycles. The van der Waals surface area contributed by atoms with E-state index in [2.05, 4.69) is 15.3 Å². The lowest BCUT2D eigenvalue weighted by atomic mass is 10.0. The molecule has 0 atom stereocenters. The molecule has 0 saturated heterocycles. The van der Waals surface area contributed by atoms with Crippen molar-refractivity contribution < 1.29 is 4.79 Å². The van der Waals surface area contributed by atoms with Crippen LogP contribution in [0, 0.1) is 0 Å². The van der Waals surface area contributed by atoms with Crippen LogP contribution >= 0.6 is 0 Å². The van der Waals surface area contributed by atoms with E-state index in [4.69, 9.17) is 0 Å². The van der Waals surface area contributed by atoms with E-state index in [-0.39, 0.29) is 5.91 Å². The van der Waals surface area contributed by atoms with Crippen LogP contribution in [0.1, 0.15) is 10.4 Å². The van der Waals surface area contributed by atoms with Gasteiger partial charge in [0, 0.05) is 36.6 Å². The molecule has 0 spiro atoms. The summed E-state index contributed by atoms with van der Waals surface area (Å²) in [7, 11) is 1.61. The Balaban J connectivity index is 2.09. The van der Waals surface area contributed by atoms with Crippen LogP contribution in [-0.4, -0.2) is 22.9 Å². The molecule has 0 fully saturated rings. The van der Waals surface area contributed by atoms with Crippen molar-refractivity contribution in [3.63, 3.8) is 0 Å². The molecule has 4 nitrogen and oxygen atoms in total. The predicted molar refractivity (Wildman–Crippen MR) is 78.4 cm³/mol. The van der Waals surface area contributed by atoms with Gasteiger partial charge in [-0.2, -0.15) is 0 Å². The summed E-state index contributed by atoms with van der Waals surface area (Å²) in [5, 5.41) is 4.75. The standard InChI is InChI=1S/C16H13N3O/c1-17-16(20)12-5-6-15(19-10-12)14-4-2-3-11-9-18-8-7-13(11)14/h2-10H,1H3,(H,17,20). The normalized spacial score (nSPS) is 10.4. The van der Waals surface area contributed by atoms with Gasteiger partial charge in [-0.3, -0.25) is 14.8 Å². The minimum atomic E-state index is -0.133. The van der Waals surface area contributed by atoms with Crippen molar-refractivity contribution in [2.24, 2.45) is 0 Å². The highest BCUT2D eigenvalue weighted by Gasteiger charge is 2.07. The van der Waals surface area contributed by atoms with Crippen molar-refractivity contribution in [3.05, 3.63) is 60.6 Å². The van der Waals surface area contributed by atoms with Crippen LogP contribution in [0.4, 0.5) is 0 Å². The van der Waals surface area contributed by atoms with E-state index in [0.29, 0.717) is 5.56 Å². The molecule has 0 aliphatic heterocycles. The molecular weight excluding hydrogens is 250 g/mol. The first-order valence-electron chi connectivity index (χ1n) is 6.31. The summed E-state index contributed by atoms with van der Waals surface area (Å²) in [5.74, 6) is -0.133. The SMILES string of the molecule is CNC(=O)c1ccc(-c2cccc3cnccc23)nc1. The number of amides is 1. The van der Waals surface area contributed by atoms with Gasteiger partial charge in [0.25, 0.3) is 5.91 Å². The monoisotopic (exact) mass is 263 g/mol. The molecule has 0 aliphatic carbocycles. The van der Waals surface area contributed by atoms with Gasteiger partial charge in [-0.25, -0.2) is 0 Å². The Morgan fingerprint density at radius 3 is 2.75 bits per heavy atom.